The maximum atomic E-state index is 11.8. The van der Waals surface area contributed by atoms with Crippen LogP contribution in [0.5, 0.6) is 0 Å². The Hall–Kier alpha value is -0.320. The summed E-state index contributed by atoms with van der Waals surface area (Å²) in [6.07, 6.45) is -4.55. The van der Waals surface area contributed by atoms with Crippen LogP contribution in [0.1, 0.15) is 6.92 Å². The predicted molar refractivity (Wildman–Crippen MR) is 29.2 cm³/mol. The molecule has 0 fully saturated rings. The van der Waals surface area contributed by atoms with Crippen molar-refractivity contribution in [2.75, 3.05) is 13.2 Å². The van der Waals surface area contributed by atoms with Gasteiger partial charge in [0.15, 0.2) is 0 Å². The number of halogens is 4. The average molecular weight is 159 g/mol. The first kappa shape index (κ1) is 9.68. The standard InChI is InChI=1S/C5H9F4N/c1-4(2-6,3-10)5(7,8)9/h2-3,10H2,1H3. The highest BCUT2D eigenvalue weighted by molar-refractivity contribution is 4.82. The third kappa shape index (κ3) is 1.59. The lowest BCUT2D eigenvalue weighted by Crippen LogP contribution is -2.43. The molecule has 0 aromatic heterocycles. The first-order chi connectivity index (χ1) is 4.37. The van der Waals surface area contributed by atoms with Crippen molar-refractivity contribution in [2.45, 2.75) is 13.1 Å². The highest BCUT2D eigenvalue weighted by atomic mass is 19.4. The molecule has 0 heterocycles. The van der Waals surface area contributed by atoms with E-state index in [1.807, 2.05) is 0 Å². The van der Waals surface area contributed by atoms with Crippen LogP contribution in [0.3, 0.4) is 0 Å². The fraction of sp³-hybridized carbons (Fsp3) is 1.00. The largest absolute Gasteiger partial charge is 0.397 e. The van der Waals surface area contributed by atoms with Crippen molar-refractivity contribution >= 4 is 0 Å². The Morgan fingerprint density at radius 3 is 1.70 bits per heavy atom. The van der Waals surface area contributed by atoms with Crippen molar-refractivity contribution in [1.29, 1.82) is 0 Å². The molecule has 0 spiro atoms. The summed E-state index contributed by atoms with van der Waals surface area (Å²) in [6, 6.07) is 0. The maximum Gasteiger partial charge on any atom is 0.397 e. The fourth-order valence-corrected chi connectivity index (χ4v) is 0.246. The summed E-state index contributed by atoms with van der Waals surface area (Å²) in [5.74, 6) is 0. The van der Waals surface area contributed by atoms with Gasteiger partial charge >= 0.3 is 6.18 Å². The van der Waals surface area contributed by atoms with E-state index in [1.165, 1.54) is 0 Å². The molecule has 5 heteroatoms. The van der Waals surface area contributed by atoms with Crippen molar-refractivity contribution in [3.63, 3.8) is 0 Å². The molecule has 0 radical (unpaired) electrons. The normalized spacial score (nSPS) is 18.6. The molecule has 62 valence electrons. The van der Waals surface area contributed by atoms with E-state index in [9.17, 15) is 17.6 Å². The van der Waals surface area contributed by atoms with Crippen LogP contribution in [0.4, 0.5) is 17.6 Å². The SMILES string of the molecule is CC(CN)(CF)C(F)(F)F. The molecule has 2 N–H and O–H groups in total. The Morgan fingerprint density at radius 2 is 1.70 bits per heavy atom. The Bertz CT molecular complexity index is 105. The van der Waals surface area contributed by atoms with Crippen molar-refractivity contribution in [3.05, 3.63) is 0 Å². The second-order valence-electron chi connectivity index (χ2n) is 2.40. The van der Waals surface area contributed by atoms with Crippen molar-refractivity contribution in [2.24, 2.45) is 11.1 Å². The van der Waals surface area contributed by atoms with Crippen LogP contribution < -0.4 is 5.73 Å². The van der Waals surface area contributed by atoms with Gasteiger partial charge in [0.1, 0.15) is 12.1 Å². The molecule has 0 aliphatic rings. The van der Waals surface area contributed by atoms with Gasteiger partial charge in [-0.2, -0.15) is 13.2 Å². The van der Waals surface area contributed by atoms with Crippen LogP contribution in [0, 0.1) is 5.41 Å². The molecule has 1 unspecified atom stereocenters. The quantitative estimate of drug-likeness (QED) is 0.607. The monoisotopic (exact) mass is 159 g/mol. The first-order valence-corrected chi connectivity index (χ1v) is 2.70. The van der Waals surface area contributed by atoms with Gasteiger partial charge in [0.05, 0.1) is 0 Å². The molecule has 0 aliphatic heterocycles. The van der Waals surface area contributed by atoms with E-state index in [1.54, 1.807) is 0 Å². The van der Waals surface area contributed by atoms with Crippen molar-refractivity contribution < 1.29 is 17.6 Å². The summed E-state index contributed by atoms with van der Waals surface area (Å²) >= 11 is 0. The lowest BCUT2D eigenvalue weighted by Gasteiger charge is -2.26. The molecular formula is C5H9F4N. The van der Waals surface area contributed by atoms with Crippen LogP contribution >= 0.6 is 0 Å². The third-order valence-electron chi connectivity index (χ3n) is 1.43. The van der Waals surface area contributed by atoms with Gasteiger partial charge in [-0.25, -0.2) is 0 Å². The minimum absolute atomic E-state index is 0.715. The highest BCUT2D eigenvalue weighted by Gasteiger charge is 2.50. The zero-order valence-electron chi connectivity index (χ0n) is 5.50. The van der Waals surface area contributed by atoms with Crippen LogP contribution in [0.25, 0.3) is 0 Å². The minimum atomic E-state index is -4.55. The molecule has 0 aromatic rings. The number of alkyl halides is 4. The van der Waals surface area contributed by atoms with Gasteiger partial charge < -0.3 is 5.73 Å². The summed E-state index contributed by atoms with van der Waals surface area (Å²) in [6.45, 7) is -1.42. The number of hydrogen-bond donors (Lipinski definition) is 1. The van der Waals surface area contributed by atoms with Gasteiger partial charge in [0.2, 0.25) is 0 Å². The van der Waals surface area contributed by atoms with Gasteiger partial charge in [-0.05, 0) is 6.92 Å². The summed E-state index contributed by atoms with van der Waals surface area (Å²) in [5, 5.41) is 0. The molecule has 10 heavy (non-hydrogen) atoms. The number of nitrogens with two attached hydrogens (primary N) is 1. The second kappa shape index (κ2) is 2.74. The van der Waals surface area contributed by atoms with E-state index in [-0.39, 0.29) is 0 Å². The lowest BCUT2D eigenvalue weighted by molar-refractivity contribution is -0.218. The Morgan fingerprint density at radius 1 is 1.30 bits per heavy atom. The molecular weight excluding hydrogens is 150 g/mol. The Kier molecular flexibility index (Phi) is 2.65. The van der Waals surface area contributed by atoms with E-state index in [2.05, 4.69) is 0 Å². The topological polar surface area (TPSA) is 26.0 Å². The van der Waals surface area contributed by atoms with Crippen LogP contribution in [-0.4, -0.2) is 19.4 Å². The predicted octanol–water partition coefficient (Wildman–Crippen LogP) is 1.48. The van der Waals surface area contributed by atoms with E-state index in [4.69, 9.17) is 5.73 Å². The summed E-state index contributed by atoms with van der Waals surface area (Å²) < 4.78 is 47.1. The molecule has 1 atom stereocenters. The van der Waals surface area contributed by atoms with E-state index in [0.29, 0.717) is 0 Å². The van der Waals surface area contributed by atoms with E-state index in [0.717, 1.165) is 6.92 Å². The van der Waals surface area contributed by atoms with Gasteiger partial charge in [-0.1, -0.05) is 0 Å². The molecule has 0 saturated carbocycles. The van der Waals surface area contributed by atoms with Crippen LogP contribution in [0.2, 0.25) is 0 Å². The fourth-order valence-electron chi connectivity index (χ4n) is 0.246. The molecule has 0 rings (SSSR count). The van der Waals surface area contributed by atoms with Gasteiger partial charge in [0, 0.05) is 6.54 Å². The lowest BCUT2D eigenvalue weighted by atomic mass is 9.92. The molecule has 0 aliphatic carbocycles. The average Bonchev–Trinajstić information content (AvgIpc) is 1.84. The van der Waals surface area contributed by atoms with Gasteiger partial charge in [-0.3, -0.25) is 4.39 Å². The Balaban J connectivity index is 4.33. The van der Waals surface area contributed by atoms with Crippen LogP contribution in [-0.2, 0) is 0 Å². The van der Waals surface area contributed by atoms with Crippen molar-refractivity contribution in [3.8, 4) is 0 Å². The zero-order chi connectivity index (χ0) is 8.41. The molecule has 0 bridgehead atoms. The molecule has 0 saturated heterocycles. The highest BCUT2D eigenvalue weighted by Crippen LogP contribution is 2.37. The third-order valence-corrected chi connectivity index (χ3v) is 1.43. The zero-order valence-corrected chi connectivity index (χ0v) is 5.50. The van der Waals surface area contributed by atoms with Gasteiger partial charge in [0.25, 0.3) is 0 Å². The minimum Gasteiger partial charge on any atom is -0.329 e. The summed E-state index contributed by atoms with van der Waals surface area (Å²) in [5.41, 5.74) is 2.38. The van der Waals surface area contributed by atoms with Crippen LogP contribution in [0.15, 0.2) is 0 Å². The maximum absolute atomic E-state index is 11.8. The molecule has 0 amide bonds. The summed E-state index contributed by atoms with van der Waals surface area (Å²) in [7, 11) is 0. The first-order valence-electron chi connectivity index (χ1n) is 2.70. The molecule has 1 nitrogen and oxygen atoms in total. The Labute approximate surface area is 56.2 Å². The smallest absolute Gasteiger partial charge is 0.329 e. The molecule has 0 aromatic carbocycles. The summed E-state index contributed by atoms with van der Waals surface area (Å²) in [4.78, 5) is 0. The number of hydrogen-bond acceptors (Lipinski definition) is 1. The van der Waals surface area contributed by atoms with E-state index >= 15 is 0 Å². The van der Waals surface area contributed by atoms with Crippen molar-refractivity contribution in [1.82, 2.24) is 0 Å². The second-order valence-corrected chi connectivity index (χ2v) is 2.40. The number of rotatable bonds is 2. The van der Waals surface area contributed by atoms with Gasteiger partial charge in [-0.15, -0.1) is 0 Å². The van der Waals surface area contributed by atoms with E-state index < -0.39 is 24.8 Å².